The van der Waals surface area contributed by atoms with Gasteiger partial charge in [-0.1, -0.05) is 60.7 Å². The standard InChI is InChI=1S/C25H22N2O5/c1-15-7-6-12-21(23(15)24(29)30)27-22(28)13-26-25(31)32-14-20-18-10-4-2-8-16(18)17-9-3-5-11-19(17)20/h2-12,20H,13-14H2,1H3,(H,26,31)(H,27,28)(H,29,30). The summed E-state index contributed by atoms with van der Waals surface area (Å²) in [5, 5.41) is 14.3. The number of fused-ring (bicyclic) bond motifs is 3. The second-order valence-electron chi connectivity index (χ2n) is 7.53. The summed E-state index contributed by atoms with van der Waals surface area (Å²) in [7, 11) is 0. The second-order valence-corrected chi connectivity index (χ2v) is 7.53. The number of carboxylic acid groups (broad SMARTS) is 1. The van der Waals surface area contributed by atoms with Crippen LogP contribution in [-0.2, 0) is 9.53 Å². The molecule has 7 nitrogen and oxygen atoms in total. The molecule has 0 saturated carbocycles. The van der Waals surface area contributed by atoms with Crippen molar-refractivity contribution in [3.05, 3.63) is 89.0 Å². The molecule has 1 aliphatic rings. The van der Waals surface area contributed by atoms with Gasteiger partial charge in [0.25, 0.3) is 0 Å². The van der Waals surface area contributed by atoms with Crippen molar-refractivity contribution in [3.8, 4) is 11.1 Å². The highest BCUT2D eigenvalue weighted by Gasteiger charge is 2.29. The zero-order chi connectivity index (χ0) is 22.7. The highest BCUT2D eigenvalue weighted by atomic mass is 16.5. The number of nitrogens with one attached hydrogen (secondary N) is 2. The fourth-order valence-corrected chi connectivity index (χ4v) is 4.05. The average molecular weight is 430 g/mol. The Kier molecular flexibility index (Phi) is 5.89. The second kappa shape index (κ2) is 8.93. The lowest BCUT2D eigenvalue weighted by Crippen LogP contribution is -2.34. The van der Waals surface area contributed by atoms with Gasteiger partial charge in [-0.05, 0) is 40.8 Å². The van der Waals surface area contributed by atoms with E-state index in [2.05, 4.69) is 22.8 Å². The predicted molar refractivity (Wildman–Crippen MR) is 120 cm³/mol. The van der Waals surface area contributed by atoms with Gasteiger partial charge >= 0.3 is 12.1 Å². The van der Waals surface area contributed by atoms with E-state index >= 15 is 0 Å². The smallest absolute Gasteiger partial charge is 0.407 e. The number of ether oxygens (including phenoxy) is 1. The lowest BCUT2D eigenvalue weighted by atomic mass is 9.98. The van der Waals surface area contributed by atoms with Gasteiger partial charge in [0.2, 0.25) is 5.91 Å². The van der Waals surface area contributed by atoms with Gasteiger partial charge in [-0.3, -0.25) is 4.79 Å². The summed E-state index contributed by atoms with van der Waals surface area (Å²) in [6.45, 7) is 1.44. The van der Waals surface area contributed by atoms with E-state index in [1.807, 2.05) is 36.4 Å². The van der Waals surface area contributed by atoms with Crippen LogP contribution in [0.15, 0.2) is 66.7 Å². The molecule has 0 unspecified atom stereocenters. The Labute approximate surface area is 185 Å². The summed E-state index contributed by atoms with van der Waals surface area (Å²) in [6, 6.07) is 20.8. The van der Waals surface area contributed by atoms with Gasteiger partial charge < -0.3 is 20.5 Å². The van der Waals surface area contributed by atoms with Crippen molar-refractivity contribution in [2.75, 3.05) is 18.5 Å². The van der Waals surface area contributed by atoms with Crippen LogP contribution in [-0.4, -0.2) is 36.2 Å². The minimum atomic E-state index is -1.14. The minimum Gasteiger partial charge on any atom is -0.478 e. The molecule has 3 aromatic carbocycles. The highest BCUT2D eigenvalue weighted by Crippen LogP contribution is 2.44. The van der Waals surface area contributed by atoms with Gasteiger partial charge in [0, 0.05) is 5.92 Å². The number of hydrogen-bond donors (Lipinski definition) is 3. The topological polar surface area (TPSA) is 105 Å². The van der Waals surface area contributed by atoms with Crippen LogP contribution in [0.3, 0.4) is 0 Å². The number of amides is 2. The number of hydrogen-bond acceptors (Lipinski definition) is 4. The first kappa shape index (κ1) is 21.1. The molecule has 4 rings (SSSR count). The number of carboxylic acids is 1. The number of alkyl carbamates (subject to hydrolysis) is 1. The van der Waals surface area contributed by atoms with Crippen LogP contribution in [0.2, 0.25) is 0 Å². The van der Waals surface area contributed by atoms with Crippen LogP contribution in [0.5, 0.6) is 0 Å². The predicted octanol–water partition coefficient (Wildman–Crippen LogP) is 4.17. The Balaban J connectivity index is 1.34. The number of carbonyl (C=O) groups is 3. The molecule has 0 heterocycles. The van der Waals surface area contributed by atoms with Crippen molar-refractivity contribution < 1.29 is 24.2 Å². The Hall–Kier alpha value is -4.13. The first-order valence-corrected chi connectivity index (χ1v) is 10.2. The SMILES string of the molecule is Cc1cccc(NC(=O)CNC(=O)OCC2c3ccccc3-c3ccccc32)c1C(=O)O. The van der Waals surface area contributed by atoms with Crippen molar-refractivity contribution in [1.82, 2.24) is 5.32 Å². The van der Waals surface area contributed by atoms with E-state index in [4.69, 9.17) is 4.74 Å². The quantitative estimate of drug-likeness (QED) is 0.544. The molecule has 2 amide bonds. The van der Waals surface area contributed by atoms with Gasteiger partial charge in [0.1, 0.15) is 13.2 Å². The molecule has 0 saturated heterocycles. The van der Waals surface area contributed by atoms with Gasteiger partial charge in [-0.25, -0.2) is 9.59 Å². The molecule has 3 aromatic rings. The molecule has 0 spiro atoms. The van der Waals surface area contributed by atoms with Crippen LogP contribution >= 0.6 is 0 Å². The maximum absolute atomic E-state index is 12.2. The Morgan fingerprint density at radius 3 is 2.16 bits per heavy atom. The van der Waals surface area contributed by atoms with Crippen molar-refractivity contribution in [1.29, 1.82) is 0 Å². The van der Waals surface area contributed by atoms with E-state index in [0.717, 1.165) is 22.3 Å². The molecular formula is C25H22N2O5. The monoisotopic (exact) mass is 430 g/mol. The molecule has 0 radical (unpaired) electrons. The molecule has 3 N–H and O–H groups in total. The highest BCUT2D eigenvalue weighted by molar-refractivity contribution is 6.02. The fourth-order valence-electron chi connectivity index (χ4n) is 4.05. The third kappa shape index (κ3) is 4.18. The minimum absolute atomic E-state index is 0.0157. The van der Waals surface area contributed by atoms with Gasteiger partial charge in [0.05, 0.1) is 11.3 Å². The summed E-state index contributed by atoms with van der Waals surface area (Å²) >= 11 is 0. The number of benzene rings is 3. The van der Waals surface area contributed by atoms with E-state index in [-0.39, 0.29) is 30.3 Å². The molecule has 162 valence electrons. The number of rotatable bonds is 6. The number of anilines is 1. The van der Waals surface area contributed by atoms with E-state index in [0.29, 0.717) is 5.56 Å². The molecule has 0 aromatic heterocycles. The summed E-state index contributed by atoms with van der Waals surface area (Å²) in [6.07, 6.45) is -0.718. The largest absolute Gasteiger partial charge is 0.478 e. The average Bonchev–Trinajstić information content (AvgIpc) is 3.10. The summed E-state index contributed by atoms with van der Waals surface area (Å²) in [5.41, 5.74) is 5.17. The van der Waals surface area contributed by atoms with Crippen LogP contribution in [0.25, 0.3) is 11.1 Å². The maximum atomic E-state index is 12.2. The van der Waals surface area contributed by atoms with Gasteiger partial charge in [-0.2, -0.15) is 0 Å². The van der Waals surface area contributed by atoms with Crippen molar-refractivity contribution in [3.63, 3.8) is 0 Å². The van der Waals surface area contributed by atoms with Crippen LogP contribution in [0.4, 0.5) is 10.5 Å². The first-order valence-electron chi connectivity index (χ1n) is 10.2. The zero-order valence-corrected chi connectivity index (χ0v) is 17.4. The third-order valence-electron chi connectivity index (χ3n) is 5.50. The summed E-state index contributed by atoms with van der Waals surface area (Å²) in [4.78, 5) is 35.9. The van der Waals surface area contributed by atoms with Crippen molar-refractivity contribution >= 4 is 23.7 Å². The maximum Gasteiger partial charge on any atom is 0.407 e. The number of aromatic carboxylic acids is 1. The molecule has 32 heavy (non-hydrogen) atoms. The van der Waals surface area contributed by atoms with Crippen LogP contribution < -0.4 is 10.6 Å². The van der Waals surface area contributed by atoms with Crippen LogP contribution in [0.1, 0.15) is 33.0 Å². The Morgan fingerprint density at radius 2 is 1.53 bits per heavy atom. The normalized spacial score (nSPS) is 11.9. The molecule has 0 bridgehead atoms. The van der Waals surface area contributed by atoms with Gasteiger partial charge in [0.15, 0.2) is 0 Å². The van der Waals surface area contributed by atoms with Gasteiger partial charge in [-0.15, -0.1) is 0 Å². The molecule has 7 heteroatoms. The third-order valence-corrected chi connectivity index (χ3v) is 5.50. The zero-order valence-electron chi connectivity index (χ0n) is 17.4. The fraction of sp³-hybridized carbons (Fsp3) is 0.160. The lowest BCUT2D eigenvalue weighted by molar-refractivity contribution is -0.115. The van der Waals surface area contributed by atoms with E-state index in [1.165, 1.54) is 6.07 Å². The van der Waals surface area contributed by atoms with Crippen molar-refractivity contribution in [2.24, 2.45) is 0 Å². The first-order chi connectivity index (χ1) is 15.5. The summed E-state index contributed by atoms with van der Waals surface area (Å²) < 4.78 is 5.40. The molecule has 1 aliphatic carbocycles. The molecule has 0 fully saturated rings. The van der Waals surface area contributed by atoms with Crippen LogP contribution in [0, 0.1) is 6.92 Å². The van der Waals surface area contributed by atoms with E-state index < -0.39 is 18.0 Å². The molecule has 0 atom stereocenters. The summed E-state index contributed by atoms with van der Waals surface area (Å²) in [5.74, 6) is -1.76. The molecule has 0 aliphatic heterocycles. The van der Waals surface area contributed by atoms with E-state index in [9.17, 15) is 19.5 Å². The lowest BCUT2D eigenvalue weighted by Gasteiger charge is -2.15. The van der Waals surface area contributed by atoms with Crippen molar-refractivity contribution in [2.45, 2.75) is 12.8 Å². The van der Waals surface area contributed by atoms with E-state index in [1.54, 1.807) is 19.1 Å². The number of carbonyl (C=O) groups excluding carboxylic acids is 2. The Bertz CT molecular complexity index is 1160. The number of aryl methyl sites for hydroxylation is 1. The Morgan fingerprint density at radius 1 is 0.906 bits per heavy atom. The molecular weight excluding hydrogens is 408 g/mol.